The van der Waals surface area contributed by atoms with Crippen LogP contribution in [0.2, 0.25) is 0 Å². The second-order valence-electron chi connectivity index (χ2n) is 4.22. The molecule has 0 aromatic carbocycles. The number of anilines is 1. The maximum Gasteiger partial charge on any atom is 0.199 e. The third-order valence-electron chi connectivity index (χ3n) is 2.97. The molecular formula is C11H17N4. The zero-order valence-electron chi connectivity index (χ0n) is 9.35. The van der Waals surface area contributed by atoms with Gasteiger partial charge in [0.1, 0.15) is 5.82 Å². The Morgan fingerprint density at radius 3 is 3.07 bits per heavy atom. The van der Waals surface area contributed by atoms with E-state index in [9.17, 15) is 0 Å². The number of likely N-dealkylation sites (N-methyl/N-ethyl adjacent to an activating group) is 1. The minimum absolute atomic E-state index is 0.633. The first-order valence-corrected chi connectivity index (χ1v) is 5.38. The molecule has 0 saturated carbocycles. The van der Waals surface area contributed by atoms with E-state index in [-0.39, 0.29) is 0 Å². The van der Waals surface area contributed by atoms with E-state index in [1.54, 1.807) is 6.20 Å². The Kier molecular flexibility index (Phi) is 3.16. The molecule has 4 heteroatoms. The van der Waals surface area contributed by atoms with Crippen molar-refractivity contribution >= 4 is 5.82 Å². The fourth-order valence-electron chi connectivity index (χ4n) is 2.02. The van der Waals surface area contributed by atoms with E-state index in [2.05, 4.69) is 40.2 Å². The highest BCUT2D eigenvalue weighted by molar-refractivity contribution is 5.37. The van der Waals surface area contributed by atoms with Crippen LogP contribution in [0.3, 0.4) is 0 Å². The second-order valence-corrected chi connectivity index (χ2v) is 4.22. The van der Waals surface area contributed by atoms with Crippen molar-refractivity contribution in [2.24, 2.45) is 0 Å². The van der Waals surface area contributed by atoms with Crippen LogP contribution < -0.4 is 4.90 Å². The number of rotatable bonds is 2. The Morgan fingerprint density at radius 2 is 2.40 bits per heavy atom. The Morgan fingerprint density at radius 1 is 1.53 bits per heavy atom. The van der Waals surface area contributed by atoms with Crippen molar-refractivity contribution in [2.45, 2.75) is 18.9 Å². The minimum Gasteiger partial charge on any atom is -0.355 e. The van der Waals surface area contributed by atoms with Crippen LogP contribution in [0.5, 0.6) is 0 Å². The van der Waals surface area contributed by atoms with Crippen molar-refractivity contribution in [2.75, 3.05) is 32.1 Å². The number of hydrogen-bond acceptors (Lipinski definition) is 4. The van der Waals surface area contributed by atoms with Crippen LogP contribution in [-0.2, 0) is 0 Å². The molecule has 1 aromatic rings. The van der Waals surface area contributed by atoms with Gasteiger partial charge in [-0.3, -0.25) is 0 Å². The molecule has 1 atom stereocenters. The molecule has 0 bridgehead atoms. The average molecular weight is 205 g/mol. The molecule has 0 aliphatic carbocycles. The van der Waals surface area contributed by atoms with Crippen molar-refractivity contribution in [3.05, 3.63) is 18.6 Å². The highest BCUT2D eigenvalue weighted by Gasteiger charge is 2.21. The highest BCUT2D eigenvalue weighted by Crippen LogP contribution is 2.18. The lowest BCUT2D eigenvalue weighted by Gasteiger charge is -2.36. The lowest BCUT2D eigenvalue weighted by atomic mass is 10.1. The van der Waals surface area contributed by atoms with E-state index in [0.717, 1.165) is 18.9 Å². The van der Waals surface area contributed by atoms with Crippen molar-refractivity contribution in [3.63, 3.8) is 0 Å². The van der Waals surface area contributed by atoms with Gasteiger partial charge in [-0.05, 0) is 33.0 Å². The smallest absolute Gasteiger partial charge is 0.199 e. The molecule has 1 unspecified atom stereocenters. The van der Waals surface area contributed by atoms with E-state index in [1.807, 2.05) is 6.07 Å². The Balaban J connectivity index is 2.05. The van der Waals surface area contributed by atoms with Crippen LogP contribution in [0.4, 0.5) is 5.82 Å². The molecule has 1 fully saturated rings. The Bertz CT molecular complexity index is 299. The van der Waals surface area contributed by atoms with Gasteiger partial charge in [-0.15, -0.1) is 0 Å². The lowest BCUT2D eigenvalue weighted by Crippen LogP contribution is -2.45. The molecule has 4 nitrogen and oxygen atoms in total. The van der Waals surface area contributed by atoms with Crippen LogP contribution in [0.15, 0.2) is 12.3 Å². The van der Waals surface area contributed by atoms with Gasteiger partial charge in [0.25, 0.3) is 0 Å². The van der Waals surface area contributed by atoms with E-state index in [4.69, 9.17) is 0 Å². The number of piperidine rings is 1. The second kappa shape index (κ2) is 4.57. The Labute approximate surface area is 90.9 Å². The van der Waals surface area contributed by atoms with Gasteiger partial charge in [0, 0.05) is 25.3 Å². The van der Waals surface area contributed by atoms with Crippen LogP contribution in [-0.4, -0.2) is 48.1 Å². The molecule has 1 aliphatic heterocycles. The van der Waals surface area contributed by atoms with Crippen molar-refractivity contribution in [1.82, 2.24) is 14.9 Å². The molecule has 0 amide bonds. The summed E-state index contributed by atoms with van der Waals surface area (Å²) in [6.45, 7) is 2.15. The first-order chi connectivity index (χ1) is 7.27. The molecule has 15 heavy (non-hydrogen) atoms. The van der Waals surface area contributed by atoms with Crippen LogP contribution in [0.1, 0.15) is 12.8 Å². The predicted molar refractivity (Wildman–Crippen MR) is 59.8 cm³/mol. The quantitative estimate of drug-likeness (QED) is 0.715. The van der Waals surface area contributed by atoms with Gasteiger partial charge in [-0.1, -0.05) is 0 Å². The predicted octanol–water partition coefficient (Wildman–Crippen LogP) is 0.807. The first-order valence-electron chi connectivity index (χ1n) is 5.38. The molecule has 1 radical (unpaired) electrons. The molecule has 1 aliphatic rings. The van der Waals surface area contributed by atoms with E-state index >= 15 is 0 Å². The van der Waals surface area contributed by atoms with E-state index in [1.165, 1.54) is 12.8 Å². The monoisotopic (exact) mass is 205 g/mol. The summed E-state index contributed by atoms with van der Waals surface area (Å²) in [5.41, 5.74) is 0. The van der Waals surface area contributed by atoms with Crippen LogP contribution in [0, 0.1) is 6.33 Å². The summed E-state index contributed by atoms with van der Waals surface area (Å²) >= 11 is 0. The van der Waals surface area contributed by atoms with Gasteiger partial charge in [-0.25, -0.2) is 9.97 Å². The zero-order valence-corrected chi connectivity index (χ0v) is 9.35. The first kappa shape index (κ1) is 10.4. The fraction of sp³-hybridized carbons (Fsp3) is 0.636. The minimum atomic E-state index is 0.633. The van der Waals surface area contributed by atoms with E-state index in [0.29, 0.717) is 6.04 Å². The molecule has 0 N–H and O–H groups in total. The summed E-state index contributed by atoms with van der Waals surface area (Å²) < 4.78 is 0. The third kappa shape index (κ3) is 2.45. The lowest BCUT2D eigenvalue weighted by molar-refractivity contribution is 0.257. The van der Waals surface area contributed by atoms with Crippen molar-refractivity contribution in [3.8, 4) is 0 Å². The summed E-state index contributed by atoms with van der Waals surface area (Å²) in [4.78, 5) is 12.6. The largest absolute Gasteiger partial charge is 0.355 e. The summed E-state index contributed by atoms with van der Waals surface area (Å²) in [5.74, 6) is 0.997. The van der Waals surface area contributed by atoms with Crippen LogP contribution >= 0.6 is 0 Å². The van der Waals surface area contributed by atoms with Crippen molar-refractivity contribution in [1.29, 1.82) is 0 Å². The number of hydrogen-bond donors (Lipinski definition) is 0. The normalized spacial score (nSPS) is 22.1. The van der Waals surface area contributed by atoms with Gasteiger partial charge in [0.15, 0.2) is 6.33 Å². The molecule has 1 aromatic heterocycles. The number of nitrogens with zero attached hydrogens (tertiary/aromatic N) is 4. The van der Waals surface area contributed by atoms with Gasteiger partial charge in [0.2, 0.25) is 0 Å². The SMILES string of the molecule is CN(C)C1CCCN(c2ccn[c]n2)C1. The highest BCUT2D eigenvalue weighted by atomic mass is 15.2. The Hall–Kier alpha value is -1.16. The molecule has 1 saturated heterocycles. The standard InChI is InChI=1S/C11H17N4/c1-14(2)10-4-3-7-15(8-10)11-5-6-12-9-13-11/h5-6,10H,3-4,7-8H2,1-2H3. The van der Waals surface area contributed by atoms with Gasteiger partial charge >= 0.3 is 0 Å². The van der Waals surface area contributed by atoms with Gasteiger partial charge < -0.3 is 9.80 Å². The molecule has 81 valence electrons. The maximum atomic E-state index is 4.17. The average Bonchev–Trinajstić information content (AvgIpc) is 2.30. The molecule has 2 rings (SSSR count). The summed E-state index contributed by atoms with van der Waals surface area (Å²) in [5, 5.41) is 0. The van der Waals surface area contributed by atoms with Gasteiger partial charge in [-0.2, -0.15) is 0 Å². The van der Waals surface area contributed by atoms with Gasteiger partial charge in [0.05, 0.1) is 0 Å². The summed E-state index contributed by atoms with van der Waals surface area (Å²) in [6.07, 6.45) is 6.90. The third-order valence-corrected chi connectivity index (χ3v) is 2.97. The van der Waals surface area contributed by atoms with Crippen LogP contribution in [0.25, 0.3) is 0 Å². The molecule has 0 spiro atoms. The van der Waals surface area contributed by atoms with Crippen molar-refractivity contribution < 1.29 is 0 Å². The topological polar surface area (TPSA) is 32.3 Å². The summed E-state index contributed by atoms with van der Waals surface area (Å²) in [7, 11) is 4.28. The summed E-state index contributed by atoms with van der Waals surface area (Å²) in [6, 6.07) is 2.59. The molecular weight excluding hydrogens is 188 g/mol. The number of aromatic nitrogens is 2. The van der Waals surface area contributed by atoms with E-state index < -0.39 is 0 Å². The maximum absolute atomic E-state index is 4.17. The zero-order chi connectivity index (χ0) is 10.7. The molecule has 2 heterocycles. The fourth-order valence-corrected chi connectivity index (χ4v) is 2.02.